The summed E-state index contributed by atoms with van der Waals surface area (Å²) in [6.07, 6.45) is 3.01. The van der Waals surface area contributed by atoms with E-state index >= 15 is 0 Å². The molecule has 1 N–H and O–H groups in total. The second-order valence-electron chi connectivity index (χ2n) is 5.87. The van der Waals surface area contributed by atoms with Crippen molar-refractivity contribution in [1.29, 1.82) is 0 Å². The molecule has 148 valence electrons. The number of nitrogens with zero attached hydrogens (tertiary/aromatic N) is 2. The van der Waals surface area contributed by atoms with Crippen LogP contribution in [0.25, 0.3) is 0 Å². The molecule has 1 aromatic heterocycles. The lowest BCUT2D eigenvalue weighted by Crippen LogP contribution is -2.18. The van der Waals surface area contributed by atoms with Crippen molar-refractivity contribution in [2.24, 2.45) is 5.10 Å². The summed E-state index contributed by atoms with van der Waals surface area (Å²) in [4.78, 5) is 15.9. The Morgan fingerprint density at radius 2 is 2.00 bits per heavy atom. The number of hydrogen-bond donors (Lipinski definition) is 1. The highest BCUT2D eigenvalue weighted by molar-refractivity contribution is 9.10. The maximum absolute atomic E-state index is 12.1. The molecule has 0 aliphatic carbocycles. The Bertz CT molecular complexity index is 1030. The minimum absolute atomic E-state index is 0.120. The summed E-state index contributed by atoms with van der Waals surface area (Å²) in [6, 6.07) is 16.5. The number of carbonyl (C=O) groups is 1. The smallest absolute Gasteiger partial charge is 0.274 e. The molecule has 8 heteroatoms. The Morgan fingerprint density at radius 1 is 1.21 bits per heavy atom. The molecule has 0 atom stereocenters. The number of pyridine rings is 1. The number of halogens is 2. The highest BCUT2D eigenvalue weighted by Gasteiger charge is 2.09. The van der Waals surface area contributed by atoms with Gasteiger partial charge in [0.2, 0.25) is 0 Å². The summed E-state index contributed by atoms with van der Waals surface area (Å²) in [7, 11) is 1.56. The Kier molecular flexibility index (Phi) is 7.21. The lowest BCUT2D eigenvalue weighted by atomic mass is 10.2. The second kappa shape index (κ2) is 10.0. The van der Waals surface area contributed by atoms with Gasteiger partial charge < -0.3 is 9.47 Å². The van der Waals surface area contributed by atoms with Gasteiger partial charge in [-0.2, -0.15) is 5.10 Å². The van der Waals surface area contributed by atoms with E-state index in [2.05, 4.69) is 31.4 Å². The van der Waals surface area contributed by atoms with E-state index in [0.717, 1.165) is 15.6 Å². The van der Waals surface area contributed by atoms with Gasteiger partial charge in [-0.1, -0.05) is 39.7 Å². The number of hydrogen-bond acceptors (Lipinski definition) is 5. The zero-order chi connectivity index (χ0) is 20.6. The Hall–Kier alpha value is -2.90. The summed E-state index contributed by atoms with van der Waals surface area (Å²) in [5, 5.41) is 4.07. The summed E-state index contributed by atoms with van der Waals surface area (Å²) < 4.78 is 12.3. The summed E-state index contributed by atoms with van der Waals surface area (Å²) in [6.45, 7) is 0.416. The van der Waals surface area contributed by atoms with Crippen LogP contribution in [0.1, 0.15) is 21.5 Å². The number of methoxy groups -OCH3 is 1. The highest BCUT2D eigenvalue weighted by atomic mass is 79.9. The lowest BCUT2D eigenvalue weighted by Gasteiger charge is -2.11. The maximum atomic E-state index is 12.1. The minimum Gasteiger partial charge on any atom is -0.493 e. The largest absolute Gasteiger partial charge is 0.493 e. The molecule has 1 heterocycles. The number of nitrogens with one attached hydrogen (secondary N) is 1. The van der Waals surface area contributed by atoms with Crippen molar-refractivity contribution in [2.45, 2.75) is 6.61 Å². The first kappa shape index (κ1) is 20.8. The van der Waals surface area contributed by atoms with Crippen LogP contribution in [0, 0.1) is 0 Å². The molecular weight excluding hydrogens is 458 g/mol. The fraction of sp³-hybridized carbons (Fsp3) is 0.0952. The van der Waals surface area contributed by atoms with E-state index in [0.29, 0.717) is 18.1 Å². The van der Waals surface area contributed by atoms with Gasteiger partial charge in [0.25, 0.3) is 5.91 Å². The number of carbonyl (C=O) groups excluding carboxylic acids is 1. The molecular formula is C21H17BrClN3O3. The molecule has 0 aliphatic rings. The molecule has 6 nitrogen and oxygen atoms in total. The van der Waals surface area contributed by atoms with E-state index in [1.54, 1.807) is 31.4 Å². The van der Waals surface area contributed by atoms with Crippen LogP contribution >= 0.6 is 27.5 Å². The SMILES string of the molecule is COc1cc(C=NNC(=O)c2cccnc2Cl)ccc1OCc1ccc(Br)cc1. The zero-order valence-corrected chi connectivity index (χ0v) is 17.8. The van der Waals surface area contributed by atoms with Crippen LogP contribution < -0.4 is 14.9 Å². The van der Waals surface area contributed by atoms with Crippen LogP contribution in [0.3, 0.4) is 0 Å². The average Bonchev–Trinajstić information content (AvgIpc) is 2.74. The number of hydrazone groups is 1. The second-order valence-corrected chi connectivity index (χ2v) is 7.14. The third kappa shape index (κ3) is 5.79. The van der Waals surface area contributed by atoms with Crippen molar-refractivity contribution in [3.63, 3.8) is 0 Å². The van der Waals surface area contributed by atoms with Gasteiger partial charge in [0.1, 0.15) is 11.8 Å². The first-order valence-electron chi connectivity index (χ1n) is 8.56. The van der Waals surface area contributed by atoms with Gasteiger partial charge in [-0.3, -0.25) is 4.79 Å². The molecule has 29 heavy (non-hydrogen) atoms. The van der Waals surface area contributed by atoms with Gasteiger partial charge in [0.05, 0.1) is 18.9 Å². The molecule has 0 bridgehead atoms. The molecule has 0 unspecified atom stereocenters. The predicted molar refractivity (Wildman–Crippen MR) is 116 cm³/mol. The van der Waals surface area contributed by atoms with Crippen LogP contribution in [0.15, 0.2) is 70.4 Å². The normalized spacial score (nSPS) is 10.7. The van der Waals surface area contributed by atoms with Crippen molar-refractivity contribution in [1.82, 2.24) is 10.4 Å². The van der Waals surface area contributed by atoms with Gasteiger partial charge in [0, 0.05) is 10.7 Å². The number of rotatable bonds is 7. The maximum Gasteiger partial charge on any atom is 0.274 e. The van der Waals surface area contributed by atoms with E-state index in [-0.39, 0.29) is 10.7 Å². The lowest BCUT2D eigenvalue weighted by molar-refractivity contribution is 0.0955. The molecule has 3 aromatic rings. The van der Waals surface area contributed by atoms with Crippen molar-refractivity contribution in [2.75, 3.05) is 7.11 Å². The molecule has 0 spiro atoms. The third-order valence-corrected chi connectivity index (χ3v) is 4.71. The Labute approximate surface area is 181 Å². The van der Waals surface area contributed by atoms with E-state index in [4.69, 9.17) is 21.1 Å². The molecule has 2 aromatic carbocycles. The third-order valence-electron chi connectivity index (χ3n) is 3.88. The Morgan fingerprint density at radius 3 is 2.72 bits per heavy atom. The quantitative estimate of drug-likeness (QED) is 0.302. The van der Waals surface area contributed by atoms with Gasteiger partial charge in [-0.05, 0) is 53.6 Å². The van der Waals surface area contributed by atoms with Crippen LogP contribution in [-0.4, -0.2) is 24.2 Å². The van der Waals surface area contributed by atoms with Crippen LogP contribution in [0.2, 0.25) is 5.15 Å². The molecule has 0 saturated heterocycles. The average molecular weight is 475 g/mol. The molecule has 0 radical (unpaired) electrons. The topological polar surface area (TPSA) is 72.8 Å². The Balaban J connectivity index is 1.63. The minimum atomic E-state index is -0.444. The standard InChI is InChI=1S/C21H17BrClN3O3/c1-28-19-11-15(12-25-26-21(27)17-3-2-10-24-20(17)23)6-9-18(19)29-13-14-4-7-16(22)8-5-14/h2-12H,13H2,1H3,(H,26,27). The van der Waals surface area contributed by atoms with Crippen molar-refractivity contribution in [3.05, 3.63) is 87.1 Å². The molecule has 0 fully saturated rings. The van der Waals surface area contributed by atoms with Crippen molar-refractivity contribution in [3.8, 4) is 11.5 Å². The number of benzene rings is 2. The van der Waals surface area contributed by atoms with E-state index in [1.165, 1.54) is 12.4 Å². The first-order chi connectivity index (χ1) is 14.1. The summed E-state index contributed by atoms with van der Waals surface area (Å²) in [5.74, 6) is 0.729. The van der Waals surface area contributed by atoms with Crippen LogP contribution in [0.5, 0.6) is 11.5 Å². The molecule has 0 saturated carbocycles. The van der Waals surface area contributed by atoms with Crippen molar-refractivity contribution >= 4 is 39.7 Å². The summed E-state index contributed by atoms with van der Waals surface area (Å²) in [5.41, 5.74) is 4.44. The monoisotopic (exact) mass is 473 g/mol. The predicted octanol–water partition coefficient (Wildman–Crippen LogP) is 4.85. The highest BCUT2D eigenvalue weighted by Crippen LogP contribution is 2.28. The van der Waals surface area contributed by atoms with E-state index in [1.807, 2.05) is 30.3 Å². The molecule has 1 amide bonds. The van der Waals surface area contributed by atoms with Gasteiger partial charge in [0.15, 0.2) is 11.5 Å². The number of aromatic nitrogens is 1. The molecule has 0 aliphatic heterocycles. The van der Waals surface area contributed by atoms with Crippen molar-refractivity contribution < 1.29 is 14.3 Å². The molecule has 3 rings (SSSR count). The number of amides is 1. The van der Waals surface area contributed by atoms with E-state index < -0.39 is 5.91 Å². The van der Waals surface area contributed by atoms with Gasteiger partial charge in [-0.25, -0.2) is 10.4 Å². The summed E-state index contributed by atoms with van der Waals surface area (Å²) >= 11 is 9.31. The van der Waals surface area contributed by atoms with Crippen LogP contribution in [-0.2, 0) is 6.61 Å². The van der Waals surface area contributed by atoms with E-state index in [9.17, 15) is 4.79 Å². The fourth-order valence-electron chi connectivity index (χ4n) is 2.41. The fourth-order valence-corrected chi connectivity index (χ4v) is 2.88. The van der Waals surface area contributed by atoms with Gasteiger partial charge >= 0.3 is 0 Å². The zero-order valence-electron chi connectivity index (χ0n) is 15.4. The first-order valence-corrected chi connectivity index (χ1v) is 9.73. The van der Waals surface area contributed by atoms with Gasteiger partial charge in [-0.15, -0.1) is 0 Å². The number of ether oxygens (including phenoxy) is 2. The van der Waals surface area contributed by atoms with Crippen LogP contribution in [0.4, 0.5) is 0 Å².